The minimum atomic E-state index is 0.345. The molecule has 2 N–H and O–H groups in total. The van der Waals surface area contributed by atoms with Crippen LogP contribution in [0.2, 0.25) is 10.0 Å². The Morgan fingerprint density at radius 1 is 1.15 bits per heavy atom. The summed E-state index contributed by atoms with van der Waals surface area (Å²) in [4.78, 5) is 4.31. The minimum Gasteiger partial charge on any atom is -0.497 e. The number of ether oxygens (including phenoxy) is 1. The number of benzene rings is 2. The van der Waals surface area contributed by atoms with Crippen LogP contribution in [-0.2, 0) is 0 Å². The van der Waals surface area contributed by atoms with Gasteiger partial charge in [0.2, 0.25) is 5.95 Å². The van der Waals surface area contributed by atoms with E-state index in [1.807, 2.05) is 6.07 Å². The average molecular weight is 308 g/mol. The fourth-order valence-electron chi connectivity index (χ4n) is 2.11. The summed E-state index contributed by atoms with van der Waals surface area (Å²) in [6.07, 6.45) is 0. The Morgan fingerprint density at radius 3 is 2.70 bits per heavy atom. The van der Waals surface area contributed by atoms with Crippen LogP contribution < -0.4 is 10.5 Å². The maximum atomic E-state index is 6.26. The summed E-state index contributed by atoms with van der Waals surface area (Å²) in [7, 11) is 1.60. The van der Waals surface area contributed by atoms with Gasteiger partial charge in [-0.3, -0.25) is 4.57 Å². The van der Waals surface area contributed by atoms with Gasteiger partial charge in [-0.1, -0.05) is 23.2 Å². The van der Waals surface area contributed by atoms with Crippen molar-refractivity contribution in [3.63, 3.8) is 0 Å². The van der Waals surface area contributed by atoms with E-state index in [1.165, 1.54) is 0 Å². The van der Waals surface area contributed by atoms with Gasteiger partial charge in [0.1, 0.15) is 5.75 Å². The first-order chi connectivity index (χ1) is 9.60. The normalized spacial score (nSPS) is 10.9. The highest BCUT2D eigenvalue weighted by atomic mass is 35.5. The Morgan fingerprint density at radius 2 is 1.95 bits per heavy atom. The predicted octanol–water partition coefficient (Wildman–Crippen LogP) is 3.92. The first kappa shape index (κ1) is 13.1. The molecule has 6 heteroatoms. The van der Waals surface area contributed by atoms with Gasteiger partial charge in [0.05, 0.1) is 28.9 Å². The molecule has 4 nitrogen and oxygen atoms in total. The van der Waals surface area contributed by atoms with Gasteiger partial charge in [0, 0.05) is 11.1 Å². The van der Waals surface area contributed by atoms with Crippen molar-refractivity contribution in [2.45, 2.75) is 0 Å². The van der Waals surface area contributed by atoms with Crippen molar-refractivity contribution in [3.8, 4) is 11.4 Å². The molecule has 2 aromatic carbocycles. The summed E-state index contributed by atoms with van der Waals surface area (Å²) in [6, 6.07) is 10.7. The molecule has 1 aromatic heterocycles. The van der Waals surface area contributed by atoms with Crippen LogP contribution >= 0.6 is 23.2 Å². The molecule has 0 amide bonds. The number of nitrogen functional groups attached to an aromatic ring is 1. The van der Waals surface area contributed by atoms with Gasteiger partial charge in [-0.05, 0) is 30.3 Å². The number of halogens is 2. The van der Waals surface area contributed by atoms with E-state index in [0.717, 1.165) is 11.0 Å². The zero-order valence-corrected chi connectivity index (χ0v) is 12.1. The molecule has 0 aliphatic rings. The number of aromatic nitrogens is 2. The Balaban J connectivity index is 2.34. The van der Waals surface area contributed by atoms with E-state index in [2.05, 4.69) is 4.98 Å². The van der Waals surface area contributed by atoms with Crippen LogP contribution in [0, 0.1) is 0 Å². The van der Waals surface area contributed by atoms with E-state index in [4.69, 9.17) is 33.7 Å². The van der Waals surface area contributed by atoms with Crippen molar-refractivity contribution in [3.05, 3.63) is 46.4 Å². The molecule has 0 atom stereocenters. The molecule has 0 bridgehead atoms. The monoisotopic (exact) mass is 307 g/mol. The van der Waals surface area contributed by atoms with Crippen LogP contribution in [0.5, 0.6) is 5.75 Å². The van der Waals surface area contributed by atoms with Crippen molar-refractivity contribution < 1.29 is 4.74 Å². The fraction of sp³-hybridized carbons (Fsp3) is 0.0714. The van der Waals surface area contributed by atoms with Gasteiger partial charge in [-0.25, -0.2) is 4.98 Å². The fourth-order valence-corrected chi connectivity index (χ4v) is 2.48. The molecule has 1 heterocycles. The largest absolute Gasteiger partial charge is 0.497 e. The first-order valence-corrected chi connectivity index (χ1v) is 6.63. The van der Waals surface area contributed by atoms with Gasteiger partial charge >= 0.3 is 0 Å². The summed E-state index contributed by atoms with van der Waals surface area (Å²) in [5.41, 5.74) is 8.26. The number of imidazole rings is 1. The van der Waals surface area contributed by atoms with Gasteiger partial charge in [0.25, 0.3) is 0 Å². The van der Waals surface area contributed by atoms with E-state index in [1.54, 1.807) is 42.0 Å². The van der Waals surface area contributed by atoms with E-state index >= 15 is 0 Å². The van der Waals surface area contributed by atoms with Crippen LogP contribution in [-0.4, -0.2) is 16.7 Å². The van der Waals surface area contributed by atoms with Crippen molar-refractivity contribution in [2.24, 2.45) is 0 Å². The third-order valence-electron chi connectivity index (χ3n) is 3.04. The second kappa shape index (κ2) is 4.89. The number of fused-ring (bicyclic) bond motifs is 1. The Labute approximate surface area is 125 Å². The molecule has 102 valence electrons. The molecule has 20 heavy (non-hydrogen) atoms. The molecular weight excluding hydrogens is 297 g/mol. The molecule has 0 fully saturated rings. The molecule has 0 aliphatic heterocycles. The molecule has 0 unspecified atom stereocenters. The summed E-state index contributed by atoms with van der Waals surface area (Å²) in [5.74, 6) is 1.03. The van der Waals surface area contributed by atoms with Crippen LogP contribution in [0.3, 0.4) is 0 Å². The lowest BCUT2D eigenvalue weighted by Gasteiger charge is -2.10. The average Bonchev–Trinajstić information content (AvgIpc) is 2.75. The number of rotatable bonds is 2. The molecule has 3 aromatic rings. The molecular formula is C14H11Cl2N3O. The van der Waals surface area contributed by atoms with Gasteiger partial charge < -0.3 is 10.5 Å². The Bertz CT molecular complexity index is 798. The van der Waals surface area contributed by atoms with Crippen molar-refractivity contribution >= 4 is 40.2 Å². The van der Waals surface area contributed by atoms with Crippen molar-refractivity contribution in [2.75, 3.05) is 12.8 Å². The van der Waals surface area contributed by atoms with Gasteiger partial charge in [-0.2, -0.15) is 0 Å². The molecule has 0 saturated carbocycles. The van der Waals surface area contributed by atoms with E-state index < -0.39 is 0 Å². The van der Waals surface area contributed by atoms with E-state index in [9.17, 15) is 0 Å². The summed E-state index contributed by atoms with van der Waals surface area (Å²) < 4.78 is 6.98. The Hall–Kier alpha value is -1.91. The SMILES string of the molecule is COc1ccc(Cl)c(-n2c(N)nc3ccc(Cl)cc32)c1. The number of methoxy groups -OCH3 is 1. The molecule has 3 rings (SSSR count). The van der Waals surface area contributed by atoms with Gasteiger partial charge in [0.15, 0.2) is 0 Å². The zero-order valence-electron chi connectivity index (χ0n) is 10.6. The third kappa shape index (κ3) is 2.07. The number of nitrogens with two attached hydrogens (primary N) is 1. The lowest BCUT2D eigenvalue weighted by molar-refractivity contribution is 0.414. The number of hydrogen-bond acceptors (Lipinski definition) is 3. The molecule has 0 aliphatic carbocycles. The summed E-state index contributed by atoms with van der Waals surface area (Å²) >= 11 is 12.3. The maximum absolute atomic E-state index is 6.26. The minimum absolute atomic E-state index is 0.345. The highest BCUT2D eigenvalue weighted by molar-refractivity contribution is 6.32. The van der Waals surface area contributed by atoms with Gasteiger partial charge in [-0.15, -0.1) is 0 Å². The van der Waals surface area contributed by atoms with E-state index in [-0.39, 0.29) is 0 Å². The standard InChI is InChI=1S/C14H11Cl2N3O/c1-20-9-3-4-10(16)12(7-9)19-13-6-8(15)2-5-11(13)18-14(19)17/h2-7H,1H3,(H2,17,18). The Kier molecular flexibility index (Phi) is 3.20. The third-order valence-corrected chi connectivity index (χ3v) is 3.59. The summed E-state index contributed by atoms with van der Waals surface area (Å²) in [6.45, 7) is 0. The van der Waals surface area contributed by atoms with Crippen LogP contribution in [0.15, 0.2) is 36.4 Å². The first-order valence-electron chi connectivity index (χ1n) is 5.87. The maximum Gasteiger partial charge on any atom is 0.205 e. The predicted molar refractivity (Wildman–Crippen MR) is 82.1 cm³/mol. The van der Waals surface area contributed by atoms with E-state index in [0.29, 0.717) is 27.4 Å². The molecule has 0 radical (unpaired) electrons. The van der Waals surface area contributed by atoms with Crippen LogP contribution in [0.4, 0.5) is 5.95 Å². The number of hydrogen-bond donors (Lipinski definition) is 1. The second-order valence-corrected chi connectivity index (χ2v) is 5.10. The van der Waals surface area contributed by atoms with Crippen molar-refractivity contribution in [1.29, 1.82) is 0 Å². The summed E-state index contributed by atoms with van der Waals surface area (Å²) in [5, 5.41) is 1.16. The highest BCUT2D eigenvalue weighted by Gasteiger charge is 2.14. The molecule has 0 saturated heterocycles. The highest BCUT2D eigenvalue weighted by Crippen LogP contribution is 2.31. The number of anilines is 1. The quantitative estimate of drug-likeness (QED) is 0.780. The smallest absolute Gasteiger partial charge is 0.205 e. The van der Waals surface area contributed by atoms with Crippen molar-refractivity contribution in [1.82, 2.24) is 9.55 Å². The topological polar surface area (TPSA) is 53.1 Å². The lowest BCUT2D eigenvalue weighted by Crippen LogP contribution is -2.01. The molecule has 0 spiro atoms. The van der Waals surface area contributed by atoms with Crippen LogP contribution in [0.1, 0.15) is 0 Å². The van der Waals surface area contributed by atoms with Crippen LogP contribution in [0.25, 0.3) is 16.7 Å². The lowest BCUT2D eigenvalue weighted by atomic mass is 10.2. The second-order valence-electron chi connectivity index (χ2n) is 4.26. The zero-order chi connectivity index (χ0) is 14.3. The number of nitrogens with zero attached hydrogens (tertiary/aromatic N) is 2.